The van der Waals surface area contributed by atoms with Gasteiger partial charge in [0.05, 0.1) is 6.10 Å². The molecule has 5 nitrogen and oxygen atoms in total. The van der Waals surface area contributed by atoms with Gasteiger partial charge < -0.3 is 15.4 Å². The number of nitrogens with two attached hydrogens (primary N) is 1. The maximum atomic E-state index is 12.7. The number of hydrogen-bond donors (Lipinski definition) is 1. The first-order valence-electron chi connectivity index (χ1n) is 7.38. The number of amides is 1. The van der Waals surface area contributed by atoms with Crippen molar-refractivity contribution in [2.24, 2.45) is 11.1 Å². The molecule has 1 aromatic heterocycles. The minimum Gasteiger partial charge on any atom is -0.378 e. The second-order valence-electron chi connectivity index (χ2n) is 6.36. The van der Waals surface area contributed by atoms with Gasteiger partial charge in [-0.2, -0.15) is 0 Å². The molecule has 0 spiro atoms. The van der Waals surface area contributed by atoms with E-state index in [1.807, 2.05) is 32.9 Å². The minimum absolute atomic E-state index is 0.0349. The fraction of sp³-hybridized carbons (Fsp3) is 0.625. The monoisotopic (exact) mass is 291 g/mol. The van der Waals surface area contributed by atoms with Crippen LogP contribution in [0.3, 0.4) is 0 Å². The summed E-state index contributed by atoms with van der Waals surface area (Å²) in [5.74, 6) is -0.0349. The van der Waals surface area contributed by atoms with Crippen molar-refractivity contribution in [1.29, 1.82) is 0 Å². The van der Waals surface area contributed by atoms with Gasteiger partial charge in [-0.1, -0.05) is 19.9 Å². The molecule has 0 bridgehead atoms. The molecule has 2 atom stereocenters. The number of aromatic nitrogens is 1. The highest BCUT2D eigenvalue weighted by atomic mass is 16.5. The van der Waals surface area contributed by atoms with Crippen molar-refractivity contribution in [2.75, 3.05) is 13.7 Å². The third-order valence-corrected chi connectivity index (χ3v) is 4.70. The molecule has 2 unspecified atom stereocenters. The molecule has 1 saturated carbocycles. The molecule has 2 rings (SSSR count). The Labute approximate surface area is 126 Å². The Morgan fingerprint density at radius 1 is 1.57 bits per heavy atom. The van der Waals surface area contributed by atoms with Crippen LogP contribution < -0.4 is 5.73 Å². The van der Waals surface area contributed by atoms with Gasteiger partial charge in [0.1, 0.15) is 5.54 Å². The Hall–Kier alpha value is -1.46. The molecule has 1 aliphatic carbocycles. The van der Waals surface area contributed by atoms with Crippen LogP contribution >= 0.6 is 0 Å². The van der Waals surface area contributed by atoms with Crippen LogP contribution in [0.4, 0.5) is 0 Å². The number of likely N-dealkylation sites (N-methyl/N-ethyl adjacent to an activating group) is 1. The fourth-order valence-corrected chi connectivity index (χ4v) is 2.98. The molecule has 1 aromatic rings. The second-order valence-corrected chi connectivity index (χ2v) is 6.36. The van der Waals surface area contributed by atoms with Crippen molar-refractivity contribution in [1.82, 2.24) is 9.88 Å². The zero-order valence-electron chi connectivity index (χ0n) is 13.3. The van der Waals surface area contributed by atoms with E-state index in [-0.39, 0.29) is 17.4 Å². The minimum atomic E-state index is -0.857. The Morgan fingerprint density at radius 2 is 2.29 bits per heavy atom. The first-order valence-corrected chi connectivity index (χ1v) is 7.38. The molecule has 0 radical (unpaired) electrons. The van der Waals surface area contributed by atoms with E-state index in [0.29, 0.717) is 19.6 Å². The van der Waals surface area contributed by atoms with Gasteiger partial charge in [0.2, 0.25) is 5.91 Å². The van der Waals surface area contributed by atoms with Crippen molar-refractivity contribution in [3.05, 3.63) is 30.1 Å². The number of nitrogens with zero attached hydrogens (tertiary/aromatic N) is 2. The number of carbonyl (C=O) groups excluding carboxylic acids is 1. The van der Waals surface area contributed by atoms with Gasteiger partial charge in [-0.3, -0.25) is 9.78 Å². The molecule has 0 aromatic carbocycles. The molecule has 0 saturated heterocycles. The number of rotatable bonds is 5. The summed E-state index contributed by atoms with van der Waals surface area (Å²) < 4.78 is 5.68. The zero-order chi connectivity index (χ0) is 15.7. The molecule has 2 N–H and O–H groups in total. The van der Waals surface area contributed by atoms with Crippen LogP contribution in [0.15, 0.2) is 24.5 Å². The summed E-state index contributed by atoms with van der Waals surface area (Å²) in [5, 5.41) is 0. The van der Waals surface area contributed by atoms with E-state index >= 15 is 0 Å². The lowest BCUT2D eigenvalue weighted by Gasteiger charge is -2.58. The normalized spacial score (nSPS) is 27.0. The Bertz CT molecular complexity index is 504. The van der Waals surface area contributed by atoms with Crippen LogP contribution in [0.25, 0.3) is 0 Å². The Morgan fingerprint density at radius 3 is 2.81 bits per heavy atom. The van der Waals surface area contributed by atoms with E-state index in [9.17, 15) is 4.79 Å². The number of hydrogen-bond acceptors (Lipinski definition) is 4. The van der Waals surface area contributed by atoms with Gasteiger partial charge in [-0.05, 0) is 18.6 Å². The van der Waals surface area contributed by atoms with Crippen LogP contribution in [0.2, 0.25) is 0 Å². The third-order valence-electron chi connectivity index (χ3n) is 4.70. The van der Waals surface area contributed by atoms with E-state index < -0.39 is 5.54 Å². The van der Waals surface area contributed by atoms with Gasteiger partial charge >= 0.3 is 0 Å². The summed E-state index contributed by atoms with van der Waals surface area (Å²) in [6.07, 6.45) is 4.10. The first kappa shape index (κ1) is 15.9. The highest BCUT2D eigenvalue weighted by molar-refractivity contribution is 5.88. The van der Waals surface area contributed by atoms with E-state index in [2.05, 4.69) is 4.98 Å². The number of ether oxygens (including phenoxy) is 1. The van der Waals surface area contributed by atoms with Crippen molar-refractivity contribution >= 4 is 5.91 Å². The van der Waals surface area contributed by atoms with Crippen molar-refractivity contribution < 1.29 is 9.53 Å². The molecule has 116 valence electrons. The lowest BCUT2D eigenvalue weighted by atomic mass is 9.54. The molecule has 1 aliphatic rings. The van der Waals surface area contributed by atoms with Crippen LogP contribution in [-0.2, 0) is 16.1 Å². The average molecular weight is 291 g/mol. The molecular formula is C16H25N3O2. The van der Waals surface area contributed by atoms with E-state index in [4.69, 9.17) is 10.5 Å². The largest absolute Gasteiger partial charge is 0.378 e. The summed E-state index contributed by atoms with van der Waals surface area (Å²) in [6.45, 7) is 7.13. The van der Waals surface area contributed by atoms with Crippen LogP contribution in [0, 0.1) is 5.41 Å². The van der Waals surface area contributed by atoms with Crippen molar-refractivity contribution in [2.45, 2.75) is 45.4 Å². The van der Waals surface area contributed by atoms with Crippen molar-refractivity contribution in [3.8, 4) is 0 Å². The van der Waals surface area contributed by atoms with Crippen LogP contribution in [0.1, 0.15) is 32.8 Å². The Balaban J connectivity index is 2.06. The molecule has 1 heterocycles. The van der Waals surface area contributed by atoms with Gasteiger partial charge in [0.15, 0.2) is 0 Å². The highest BCUT2D eigenvalue weighted by Crippen LogP contribution is 2.50. The van der Waals surface area contributed by atoms with E-state index in [1.54, 1.807) is 24.3 Å². The summed E-state index contributed by atoms with van der Waals surface area (Å²) in [6, 6.07) is 3.82. The molecule has 1 fully saturated rings. The van der Waals surface area contributed by atoms with Crippen LogP contribution in [-0.4, -0.2) is 41.1 Å². The number of carbonyl (C=O) groups is 1. The molecule has 21 heavy (non-hydrogen) atoms. The molecule has 1 amide bonds. The topological polar surface area (TPSA) is 68.5 Å². The SMILES string of the molecule is CCOC1CC(N)(C(=O)N(C)Cc2cccnc2)C1(C)C. The molecular weight excluding hydrogens is 266 g/mol. The van der Waals surface area contributed by atoms with Gasteiger partial charge in [-0.25, -0.2) is 0 Å². The summed E-state index contributed by atoms with van der Waals surface area (Å²) >= 11 is 0. The predicted octanol–water partition coefficient (Wildman–Crippen LogP) is 1.57. The van der Waals surface area contributed by atoms with Gasteiger partial charge in [-0.15, -0.1) is 0 Å². The standard InChI is InChI=1S/C16H25N3O2/c1-5-21-13-9-16(17,15(13,2)3)14(20)19(4)11-12-7-6-8-18-10-12/h6-8,10,13H,5,9,11,17H2,1-4H3. The maximum Gasteiger partial charge on any atom is 0.243 e. The molecule has 5 heteroatoms. The van der Waals surface area contributed by atoms with Crippen molar-refractivity contribution in [3.63, 3.8) is 0 Å². The second kappa shape index (κ2) is 5.73. The summed E-state index contributed by atoms with van der Waals surface area (Å²) in [4.78, 5) is 18.5. The summed E-state index contributed by atoms with van der Waals surface area (Å²) in [5.41, 5.74) is 6.19. The predicted molar refractivity (Wildman–Crippen MR) is 81.4 cm³/mol. The Kier molecular flexibility index (Phi) is 4.35. The zero-order valence-corrected chi connectivity index (χ0v) is 13.3. The summed E-state index contributed by atoms with van der Waals surface area (Å²) in [7, 11) is 1.79. The molecule has 0 aliphatic heterocycles. The highest BCUT2D eigenvalue weighted by Gasteiger charge is 2.63. The maximum absolute atomic E-state index is 12.7. The van der Waals surface area contributed by atoms with Crippen LogP contribution in [0.5, 0.6) is 0 Å². The number of pyridine rings is 1. The fourth-order valence-electron chi connectivity index (χ4n) is 2.98. The van der Waals surface area contributed by atoms with E-state index in [1.165, 1.54) is 0 Å². The first-order chi connectivity index (χ1) is 9.83. The lowest BCUT2D eigenvalue weighted by molar-refractivity contribution is -0.178. The van der Waals surface area contributed by atoms with Gasteiger partial charge in [0.25, 0.3) is 0 Å². The average Bonchev–Trinajstić information content (AvgIpc) is 2.47. The third kappa shape index (κ3) is 2.68. The quantitative estimate of drug-likeness (QED) is 0.894. The van der Waals surface area contributed by atoms with Gasteiger partial charge in [0, 0.05) is 44.4 Å². The smallest absolute Gasteiger partial charge is 0.243 e. The lowest BCUT2D eigenvalue weighted by Crippen LogP contribution is -2.75. The van der Waals surface area contributed by atoms with E-state index in [0.717, 1.165) is 5.56 Å².